The lowest BCUT2D eigenvalue weighted by Crippen LogP contribution is -2.17. The van der Waals surface area contributed by atoms with Gasteiger partial charge >= 0.3 is 0 Å². The van der Waals surface area contributed by atoms with E-state index < -0.39 is 6.10 Å². The molecule has 16 heavy (non-hydrogen) atoms. The van der Waals surface area contributed by atoms with Crippen molar-refractivity contribution in [2.24, 2.45) is 0 Å². The number of fused-ring (bicyclic) bond motifs is 1. The van der Waals surface area contributed by atoms with Gasteiger partial charge in [-0.25, -0.2) is 0 Å². The van der Waals surface area contributed by atoms with Crippen LogP contribution in [0.3, 0.4) is 0 Å². The van der Waals surface area contributed by atoms with E-state index in [4.69, 9.17) is 21.1 Å². The Balaban J connectivity index is 2.45. The topological polar surface area (TPSA) is 38.7 Å². The first-order valence-electron chi connectivity index (χ1n) is 5.35. The van der Waals surface area contributed by atoms with E-state index in [2.05, 4.69) is 0 Å². The second-order valence-electron chi connectivity index (χ2n) is 4.04. The minimum Gasteiger partial charge on any atom is -0.486 e. The summed E-state index contributed by atoms with van der Waals surface area (Å²) in [6.07, 6.45) is 0.111. The van der Waals surface area contributed by atoms with E-state index in [1.807, 2.05) is 6.92 Å². The summed E-state index contributed by atoms with van der Waals surface area (Å²) < 4.78 is 11.0. The van der Waals surface area contributed by atoms with Crippen molar-refractivity contribution in [3.63, 3.8) is 0 Å². The Morgan fingerprint density at radius 1 is 1.44 bits per heavy atom. The standard InChI is InChI=1S/C12H15ClO3/c1-7(14)5-9-8(2)12-11(6-10(9)13)15-3-4-16-12/h6-7,14H,3-5H2,1-2H3. The molecule has 0 amide bonds. The van der Waals surface area contributed by atoms with Crippen LogP contribution in [0.2, 0.25) is 5.02 Å². The fourth-order valence-corrected chi connectivity index (χ4v) is 2.21. The lowest BCUT2D eigenvalue weighted by atomic mass is 10.0. The Bertz CT molecular complexity index is 402. The first kappa shape index (κ1) is 11.6. The summed E-state index contributed by atoms with van der Waals surface area (Å²) in [5.41, 5.74) is 1.89. The molecule has 1 aromatic rings. The zero-order valence-electron chi connectivity index (χ0n) is 9.42. The third kappa shape index (κ3) is 2.11. The van der Waals surface area contributed by atoms with Crippen LogP contribution >= 0.6 is 11.6 Å². The molecule has 1 aliphatic rings. The van der Waals surface area contributed by atoms with Gasteiger partial charge in [-0.15, -0.1) is 0 Å². The van der Waals surface area contributed by atoms with Crippen LogP contribution in [0.15, 0.2) is 6.07 Å². The van der Waals surface area contributed by atoms with Crippen LogP contribution in [-0.4, -0.2) is 24.4 Å². The maximum absolute atomic E-state index is 9.43. The van der Waals surface area contributed by atoms with Crippen molar-refractivity contribution in [2.45, 2.75) is 26.4 Å². The van der Waals surface area contributed by atoms with Gasteiger partial charge < -0.3 is 14.6 Å². The Kier molecular flexibility index (Phi) is 3.26. The largest absolute Gasteiger partial charge is 0.486 e. The summed E-state index contributed by atoms with van der Waals surface area (Å²) in [6, 6.07) is 1.76. The quantitative estimate of drug-likeness (QED) is 0.865. The smallest absolute Gasteiger partial charge is 0.164 e. The summed E-state index contributed by atoms with van der Waals surface area (Å²) in [7, 11) is 0. The van der Waals surface area contributed by atoms with E-state index in [0.717, 1.165) is 16.9 Å². The van der Waals surface area contributed by atoms with Gasteiger partial charge in [0.25, 0.3) is 0 Å². The average Bonchev–Trinajstić information content (AvgIpc) is 2.24. The predicted molar refractivity (Wildman–Crippen MR) is 62.6 cm³/mol. The van der Waals surface area contributed by atoms with Crippen molar-refractivity contribution in [3.8, 4) is 11.5 Å². The van der Waals surface area contributed by atoms with Gasteiger partial charge in [-0.2, -0.15) is 0 Å². The molecule has 1 aliphatic heterocycles. The highest BCUT2D eigenvalue weighted by Gasteiger charge is 2.20. The van der Waals surface area contributed by atoms with Crippen LogP contribution in [0.25, 0.3) is 0 Å². The van der Waals surface area contributed by atoms with Gasteiger partial charge in [-0.3, -0.25) is 0 Å². The maximum Gasteiger partial charge on any atom is 0.164 e. The Labute approximate surface area is 99.9 Å². The summed E-state index contributed by atoms with van der Waals surface area (Å²) in [5.74, 6) is 1.45. The lowest BCUT2D eigenvalue weighted by Gasteiger charge is -2.23. The van der Waals surface area contributed by atoms with Crippen molar-refractivity contribution >= 4 is 11.6 Å². The lowest BCUT2D eigenvalue weighted by molar-refractivity contribution is 0.169. The molecule has 1 aromatic carbocycles. The average molecular weight is 243 g/mol. The molecule has 0 aromatic heterocycles. The Morgan fingerprint density at radius 2 is 2.12 bits per heavy atom. The van der Waals surface area contributed by atoms with Crippen LogP contribution in [0.1, 0.15) is 18.1 Å². The molecule has 4 heteroatoms. The van der Waals surface area contributed by atoms with Crippen LogP contribution in [0.4, 0.5) is 0 Å². The summed E-state index contributed by atoms with van der Waals surface area (Å²) in [6.45, 7) is 4.80. The molecule has 1 atom stereocenters. The molecule has 0 spiro atoms. The normalized spacial score (nSPS) is 16.0. The molecule has 0 saturated heterocycles. The number of rotatable bonds is 2. The van der Waals surface area contributed by atoms with E-state index >= 15 is 0 Å². The monoisotopic (exact) mass is 242 g/mol. The maximum atomic E-state index is 9.43. The number of aliphatic hydroxyl groups excluding tert-OH is 1. The van der Waals surface area contributed by atoms with Gasteiger partial charge in [0.2, 0.25) is 0 Å². The first-order valence-corrected chi connectivity index (χ1v) is 5.73. The zero-order chi connectivity index (χ0) is 11.7. The Hall–Kier alpha value is -0.930. The van der Waals surface area contributed by atoms with Crippen LogP contribution in [0.5, 0.6) is 11.5 Å². The molecular formula is C12H15ClO3. The zero-order valence-corrected chi connectivity index (χ0v) is 10.2. The minimum absolute atomic E-state index is 0.418. The minimum atomic E-state index is -0.418. The highest BCUT2D eigenvalue weighted by atomic mass is 35.5. The van der Waals surface area contributed by atoms with E-state index in [9.17, 15) is 5.11 Å². The SMILES string of the molecule is Cc1c(CC(C)O)c(Cl)cc2c1OCCO2. The molecule has 0 saturated carbocycles. The first-order chi connectivity index (χ1) is 7.59. The van der Waals surface area contributed by atoms with E-state index in [0.29, 0.717) is 30.4 Å². The second-order valence-corrected chi connectivity index (χ2v) is 4.45. The van der Waals surface area contributed by atoms with Gasteiger partial charge in [0, 0.05) is 11.1 Å². The van der Waals surface area contributed by atoms with Crippen molar-refractivity contribution < 1.29 is 14.6 Å². The molecule has 3 nitrogen and oxygen atoms in total. The van der Waals surface area contributed by atoms with Gasteiger partial charge in [-0.1, -0.05) is 11.6 Å². The van der Waals surface area contributed by atoms with Gasteiger partial charge in [-0.05, 0) is 31.4 Å². The number of hydrogen-bond acceptors (Lipinski definition) is 3. The number of halogens is 1. The fraction of sp³-hybridized carbons (Fsp3) is 0.500. The molecule has 1 N–H and O–H groups in total. The number of aliphatic hydroxyl groups is 1. The summed E-state index contributed by atoms with van der Waals surface area (Å²) in [5, 5.41) is 10.1. The molecule has 1 unspecified atom stereocenters. The van der Waals surface area contributed by atoms with E-state index in [-0.39, 0.29) is 0 Å². The Morgan fingerprint density at radius 3 is 2.81 bits per heavy atom. The molecule has 88 valence electrons. The van der Waals surface area contributed by atoms with E-state index in [1.165, 1.54) is 0 Å². The van der Waals surface area contributed by atoms with Crippen LogP contribution in [-0.2, 0) is 6.42 Å². The molecule has 0 bridgehead atoms. The van der Waals surface area contributed by atoms with Gasteiger partial charge in [0.05, 0.1) is 6.10 Å². The summed E-state index contributed by atoms with van der Waals surface area (Å²) in [4.78, 5) is 0. The second kappa shape index (κ2) is 4.52. The third-order valence-corrected chi connectivity index (χ3v) is 2.99. The van der Waals surface area contributed by atoms with Gasteiger partial charge in [0.15, 0.2) is 11.5 Å². The van der Waals surface area contributed by atoms with Crippen LogP contribution in [0, 0.1) is 6.92 Å². The number of benzene rings is 1. The highest BCUT2D eigenvalue weighted by molar-refractivity contribution is 6.31. The molecule has 1 heterocycles. The molecule has 2 rings (SSSR count). The molecular weight excluding hydrogens is 228 g/mol. The van der Waals surface area contributed by atoms with E-state index in [1.54, 1.807) is 13.0 Å². The third-order valence-electron chi connectivity index (χ3n) is 2.65. The highest BCUT2D eigenvalue weighted by Crippen LogP contribution is 2.39. The fourth-order valence-electron chi connectivity index (χ4n) is 1.90. The van der Waals surface area contributed by atoms with Crippen molar-refractivity contribution in [1.82, 2.24) is 0 Å². The number of ether oxygens (including phenoxy) is 2. The molecule has 0 fully saturated rings. The number of hydrogen-bond donors (Lipinski definition) is 1. The van der Waals surface area contributed by atoms with Crippen molar-refractivity contribution in [2.75, 3.05) is 13.2 Å². The summed E-state index contributed by atoms with van der Waals surface area (Å²) >= 11 is 6.16. The van der Waals surface area contributed by atoms with Crippen LogP contribution < -0.4 is 9.47 Å². The molecule has 0 aliphatic carbocycles. The molecule has 0 radical (unpaired) electrons. The van der Waals surface area contributed by atoms with Crippen molar-refractivity contribution in [1.29, 1.82) is 0 Å². The predicted octanol–water partition coefficient (Wildman–Crippen LogP) is 2.34. The van der Waals surface area contributed by atoms with Gasteiger partial charge in [0.1, 0.15) is 13.2 Å². The van der Waals surface area contributed by atoms with Crippen molar-refractivity contribution in [3.05, 3.63) is 22.2 Å².